The van der Waals surface area contributed by atoms with Gasteiger partial charge in [0.1, 0.15) is 5.01 Å². The molecule has 0 saturated carbocycles. The van der Waals surface area contributed by atoms with Gasteiger partial charge < -0.3 is 5.32 Å². The van der Waals surface area contributed by atoms with Gasteiger partial charge in [0, 0.05) is 31.1 Å². The minimum atomic E-state index is 0.0813. The SMILES string of the molecule is C[C@H](NC(=O)CN1CCN(Cc2nc3ccccc3s2)CC1)c1cccs1. The zero-order chi connectivity index (χ0) is 18.6. The Kier molecular flexibility index (Phi) is 5.83. The van der Waals surface area contributed by atoms with Crippen molar-refractivity contribution < 1.29 is 4.79 Å². The van der Waals surface area contributed by atoms with E-state index < -0.39 is 0 Å². The topological polar surface area (TPSA) is 48.5 Å². The van der Waals surface area contributed by atoms with Crippen molar-refractivity contribution in [3.05, 3.63) is 51.7 Å². The number of nitrogens with one attached hydrogen (secondary N) is 1. The van der Waals surface area contributed by atoms with Crippen LogP contribution in [0.2, 0.25) is 0 Å². The molecule has 2 aromatic heterocycles. The number of nitrogens with zero attached hydrogens (tertiary/aromatic N) is 3. The number of benzene rings is 1. The molecule has 1 N–H and O–H groups in total. The zero-order valence-corrected chi connectivity index (χ0v) is 17.1. The summed E-state index contributed by atoms with van der Waals surface area (Å²) < 4.78 is 1.25. The average Bonchev–Trinajstić information content (AvgIpc) is 3.32. The van der Waals surface area contributed by atoms with Crippen molar-refractivity contribution in [2.45, 2.75) is 19.5 Å². The fourth-order valence-corrected chi connectivity index (χ4v) is 5.13. The van der Waals surface area contributed by atoms with Crippen LogP contribution in [0.3, 0.4) is 0 Å². The largest absolute Gasteiger partial charge is 0.348 e. The number of aromatic nitrogens is 1. The monoisotopic (exact) mass is 400 g/mol. The summed E-state index contributed by atoms with van der Waals surface area (Å²) in [5.41, 5.74) is 1.09. The Morgan fingerprint density at radius 2 is 1.93 bits per heavy atom. The molecule has 0 unspecified atom stereocenters. The molecule has 1 saturated heterocycles. The number of thiophene rings is 1. The lowest BCUT2D eigenvalue weighted by molar-refractivity contribution is -0.123. The Hall–Kier alpha value is -1.80. The lowest BCUT2D eigenvalue weighted by Crippen LogP contribution is -2.49. The van der Waals surface area contributed by atoms with Gasteiger partial charge >= 0.3 is 0 Å². The summed E-state index contributed by atoms with van der Waals surface area (Å²) in [7, 11) is 0. The minimum Gasteiger partial charge on any atom is -0.348 e. The van der Waals surface area contributed by atoms with Crippen LogP contribution < -0.4 is 5.32 Å². The van der Waals surface area contributed by atoms with Crippen molar-refractivity contribution in [2.75, 3.05) is 32.7 Å². The van der Waals surface area contributed by atoms with Gasteiger partial charge in [-0.3, -0.25) is 14.6 Å². The van der Waals surface area contributed by atoms with Crippen LogP contribution in [-0.4, -0.2) is 53.4 Å². The summed E-state index contributed by atoms with van der Waals surface area (Å²) in [6, 6.07) is 12.5. The number of carbonyl (C=O) groups excluding carboxylic acids is 1. The highest BCUT2D eigenvalue weighted by molar-refractivity contribution is 7.18. The Morgan fingerprint density at radius 3 is 2.67 bits per heavy atom. The summed E-state index contributed by atoms with van der Waals surface area (Å²) in [5.74, 6) is 0.107. The molecule has 27 heavy (non-hydrogen) atoms. The van der Waals surface area contributed by atoms with E-state index in [2.05, 4.69) is 39.4 Å². The Bertz CT molecular complexity index is 851. The molecule has 0 radical (unpaired) electrons. The molecule has 4 rings (SSSR count). The van der Waals surface area contributed by atoms with Gasteiger partial charge in [-0.2, -0.15) is 0 Å². The second-order valence-electron chi connectivity index (χ2n) is 6.93. The maximum Gasteiger partial charge on any atom is 0.234 e. The van der Waals surface area contributed by atoms with Gasteiger partial charge in [-0.25, -0.2) is 4.98 Å². The maximum absolute atomic E-state index is 12.3. The number of fused-ring (bicyclic) bond motifs is 1. The van der Waals surface area contributed by atoms with Gasteiger partial charge in [0.2, 0.25) is 5.91 Å². The predicted octanol–water partition coefficient (Wildman–Crippen LogP) is 3.35. The molecule has 3 aromatic rings. The third kappa shape index (κ3) is 4.73. The summed E-state index contributed by atoms with van der Waals surface area (Å²) in [4.78, 5) is 22.9. The maximum atomic E-state index is 12.3. The van der Waals surface area contributed by atoms with Crippen LogP contribution in [0.25, 0.3) is 10.2 Å². The highest BCUT2D eigenvalue weighted by Gasteiger charge is 2.21. The van der Waals surface area contributed by atoms with Gasteiger partial charge in [-0.05, 0) is 30.5 Å². The number of carbonyl (C=O) groups is 1. The van der Waals surface area contributed by atoms with Crippen LogP contribution in [0.4, 0.5) is 0 Å². The number of amides is 1. The molecule has 5 nitrogen and oxygen atoms in total. The van der Waals surface area contributed by atoms with Crippen molar-refractivity contribution in [1.82, 2.24) is 20.1 Å². The first-order chi connectivity index (χ1) is 13.2. The summed E-state index contributed by atoms with van der Waals surface area (Å²) in [6.45, 7) is 7.21. The first-order valence-electron chi connectivity index (χ1n) is 9.29. The minimum absolute atomic E-state index is 0.0813. The number of hydrogen-bond donors (Lipinski definition) is 1. The molecule has 1 amide bonds. The predicted molar refractivity (Wildman–Crippen MR) is 112 cm³/mol. The summed E-state index contributed by atoms with van der Waals surface area (Å²) in [6.07, 6.45) is 0. The molecule has 1 aromatic carbocycles. The lowest BCUT2D eigenvalue weighted by Gasteiger charge is -2.33. The van der Waals surface area contributed by atoms with Crippen LogP contribution in [-0.2, 0) is 11.3 Å². The zero-order valence-electron chi connectivity index (χ0n) is 15.4. The molecular formula is C20H24N4OS2. The normalized spacial score (nSPS) is 17.2. The second kappa shape index (κ2) is 8.48. The molecule has 1 fully saturated rings. The van der Waals surface area contributed by atoms with Gasteiger partial charge in [-0.15, -0.1) is 22.7 Å². The quantitative estimate of drug-likeness (QED) is 0.689. The molecule has 0 bridgehead atoms. The average molecular weight is 401 g/mol. The summed E-state index contributed by atoms with van der Waals surface area (Å²) >= 11 is 3.46. The van der Waals surface area contributed by atoms with Crippen molar-refractivity contribution in [3.63, 3.8) is 0 Å². The molecule has 1 aliphatic heterocycles. The first kappa shape index (κ1) is 18.6. The second-order valence-corrected chi connectivity index (χ2v) is 9.03. The van der Waals surface area contributed by atoms with Crippen molar-refractivity contribution in [1.29, 1.82) is 0 Å². The van der Waals surface area contributed by atoms with E-state index in [4.69, 9.17) is 4.98 Å². The fraction of sp³-hybridized carbons (Fsp3) is 0.400. The molecule has 142 valence electrons. The number of piperazine rings is 1. The smallest absolute Gasteiger partial charge is 0.234 e. The van der Waals surface area contributed by atoms with E-state index in [9.17, 15) is 4.79 Å². The summed E-state index contributed by atoms with van der Waals surface area (Å²) in [5, 5.41) is 6.32. The molecular weight excluding hydrogens is 376 g/mol. The number of thiazole rings is 1. The van der Waals surface area contributed by atoms with Crippen LogP contribution >= 0.6 is 22.7 Å². The third-order valence-electron chi connectivity index (χ3n) is 4.88. The van der Waals surface area contributed by atoms with E-state index in [0.29, 0.717) is 6.54 Å². The molecule has 3 heterocycles. The van der Waals surface area contributed by atoms with E-state index in [1.165, 1.54) is 14.6 Å². The number of hydrogen-bond acceptors (Lipinski definition) is 6. The van der Waals surface area contributed by atoms with Crippen molar-refractivity contribution in [2.24, 2.45) is 0 Å². The standard InChI is InChI=1S/C20H24N4OS2/c1-15(17-7-4-12-26-17)21-19(25)13-23-8-10-24(11-9-23)14-20-22-16-5-2-3-6-18(16)27-20/h2-7,12,15H,8-11,13-14H2,1H3,(H,21,25)/t15-/m0/s1. The van der Waals surface area contributed by atoms with Crippen LogP contribution in [0.5, 0.6) is 0 Å². The number of rotatable bonds is 6. The fourth-order valence-electron chi connectivity index (χ4n) is 3.38. The number of para-hydroxylation sites is 1. The molecule has 1 aliphatic rings. The molecule has 7 heteroatoms. The highest BCUT2D eigenvalue weighted by Crippen LogP contribution is 2.23. The van der Waals surface area contributed by atoms with E-state index in [-0.39, 0.29) is 11.9 Å². The van der Waals surface area contributed by atoms with E-state index >= 15 is 0 Å². The van der Waals surface area contributed by atoms with E-state index in [0.717, 1.165) is 38.2 Å². The van der Waals surface area contributed by atoms with Crippen LogP contribution in [0, 0.1) is 0 Å². The van der Waals surface area contributed by atoms with Crippen LogP contribution in [0.15, 0.2) is 41.8 Å². The van der Waals surface area contributed by atoms with Crippen molar-refractivity contribution in [3.8, 4) is 0 Å². The third-order valence-corrected chi connectivity index (χ3v) is 6.95. The Labute approximate surface area is 167 Å². The van der Waals surface area contributed by atoms with E-state index in [1.54, 1.807) is 22.7 Å². The Morgan fingerprint density at radius 1 is 1.15 bits per heavy atom. The van der Waals surface area contributed by atoms with Gasteiger partial charge in [-0.1, -0.05) is 18.2 Å². The lowest BCUT2D eigenvalue weighted by atomic mass is 10.2. The first-order valence-corrected chi connectivity index (χ1v) is 11.0. The van der Waals surface area contributed by atoms with Gasteiger partial charge in [0.15, 0.2) is 0 Å². The molecule has 1 atom stereocenters. The van der Waals surface area contributed by atoms with Gasteiger partial charge in [0.05, 0.1) is 29.3 Å². The highest BCUT2D eigenvalue weighted by atomic mass is 32.1. The Balaban J connectivity index is 1.23. The van der Waals surface area contributed by atoms with E-state index in [1.807, 2.05) is 24.4 Å². The molecule has 0 spiro atoms. The molecule has 0 aliphatic carbocycles. The van der Waals surface area contributed by atoms with Gasteiger partial charge in [0.25, 0.3) is 0 Å². The van der Waals surface area contributed by atoms with Crippen LogP contribution in [0.1, 0.15) is 22.9 Å². The van der Waals surface area contributed by atoms with Crippen molar-refractivity contribution >= 4 is 38.8 Å².